The number of phenolic OH excluding ortho intramolecular Hbond substituents is 1. The maximum Gasteiger partial charge on any atom is 0.118 e. The zero-order valence-electron chi connectivity index (χ0n) is 12.5. The van der Waals surface area contributed by atoms with Gasteiger partial charge in [0.2, 0.25) is 0 Å². The Morgan fingerprint density at radius 2 is 1.70 bits per heavy atom. The van der Waals surface area contributed by atoms with Crippen LogP contribution >= 0.6 is 0 Å². The lowest BCUT2D eigenvalue weighted by Gasteiger charge is -2.07. The standard InChI is InChI=1S/C19H24O/c1-3-4-5-6-8-16-9-7-10-17(14-16)18-11-12-19(20)15(2)13-18/h7,9-14,20H,3-6,8H2,1-2H3. The monoisotopic (exact) mass is 268 g/mol. The zero-order valence-corrected chi connectivity index (χ0v) is 12.5. The average molecular weight is 268 g/mol. The summed E-state index contributed by atoms with van der Waals surface area (Å²) < 4.78 is 0. The Hall–Kier alpha value is -1.76. The van der Waals surface area contributed by atoms with Crippen LogP contribution in [0, 0.1) is 6.92 Å². The molecule has 0 radical (unpaired) electrons. The van der Waals surface area contributed by atoms with Gasteiger partial charge in [0.15, 0.2) is 0 Å². The first-order chi connectivity index (χ1) is 9.70. The second-order valence-corrected chi connectivity index (χ2v) is 5.51. The van der Waals surface area contributed by atoms with Crippen LogP contribution in [0.25, 0.3) is 11.1 Å². The van der Waals surface area contributed by atoms with Crippen molar-refractivity contribution in [2.24, 2.45) is 0 Å². The van der Waals surface area contributed by atoms with Crippen molar-refractivity contribution in [2.75, 3.05) is 0 Å². The molecule has 0 saturated heterocycles. The van der Waals surface area contributed by atoms with Crippen LogP contribution in [0.1, 0.15) is 43.7 Å². The summed E-state index contributed by atoms with van der Waals surface area (Å²) in [7, 11) is 0. The Kier molecular flexibility index (Phi) is 5.23. The Labute approximate surface area is 122 Å². The molecule has 0 atom stereocenters. The molecule has 106 valence electrons. The molecule has 1 N–H and O–H groups in total. The smallest absolute Gasteiger partial charge is 0.118 e. The predicted octanol–water partition coefficient (Wildman–Crippen LogP) is 5.49. The van der Waals surface area contributed by atoms with Crippen molar-refractivity contribution in [3.05, 3.63) is 53.6 Å². The molecule has 2 aromatic carbocycles. The molecule has 2 rings (SSSR count). The van der Waals surface area contributed by atoms with Gasteiger partial charge in [-0.3, -0.25) is 0 Å². The summed E-state index contributed by atoms with van der Waals surface area (Å²) in [6.45, 7) is 4.18. The third kappa shape index (κ3) is 3.86. The number of hydrogen-bond donors (Lipinski definition) is 1. The molecule has 0 amide bonds. The molecular weight excluding hydrogens is 244 g/mol. The predicted molar refractivity (Wildman–Crippen MR) is 86.1 cm³/mol. The minimum atomic E-state index is 0.365. The van der Waals surface area contributed by atoms with E-state index in [1.165, 1.54) is 42.4 Å². The number of hydrogen-bond acceptors (Lipinski definition) is 1. The number of benzene rings is 2. The van der Waals surface area contributed by atoms with Gasteiger partial charge in [0, 0.05) is 0 Å². The third-order valence-electron chi connectivity index (χ3n) is 3.78. The normalized spacial score (nSPS) is 10.7. The Morgan fingerprint density at radius 1 is 0.900 bits per heavy atom. The Morgan fingerprint density at radius 3 is 2.45 bits per heavy atom. The van der Waals surface area contributed by atoms with Crippen molar-refractivity contribution in [3.8, 4) is 16.9 Å². The highest BCUT2D eigenvalue weighted by Gasteiger charge is 2.02. The van der Waals surface area contributed by atoms with Crippen molar-refractivity contribution in [2.45, 2.75) is 46.0 Å². The van der Waals surface area contributed by atoms with Crippen LogP contribution in [-0.2, 0) is 6.42 Å². The summed E-state index contributed by atoms with van der Waals surface area (Å²) in [5.74, 6) is 0.365. The van der Waals surface area contributed by atoms with E-state index in [0.717, 1.165) is 12.0 Å². The molecular formula is C19H24O. The van der Waals surface area contributed by atoms with Crippen molar-refractivity contribution in [1.29, 1.82) is 0 Å². The van der Waals surface area contributed by atoms with Gasteiger partial charge in [0.1, 0.15) is 5.75 Å². The van der Waals surface area contributed by atoms with E-state index in [4.69, 9.17) is 0 Å². The first-order valence-corrected chi connectivity index (χ1v) is 7.59. The van der Waals surface area contributed by atoms with Gasteiger partial charge >= 0.3 is 0 Å². The largest absolute Gasteiger partial charge is 0.508 e. The van der Waals surface area contributed by atoms with Crippen LogP contribution in [-0.4, -0.2) is 5.11 Å². The zero-order chi connectivity index (χ0) is 14.4. The quantitative estimate of drug-likeness (QED) is 0.687. The fourth-order valence-electron chi connectivity index (χ4n) is 2.50. The summed E-state index contributed by atoms with van der Waals surface area (Å²) in [5, 5.41) is 9.61. The number of unbranched alkanes of at least 4 members (excludes halogenated alkanes) is 3. The molecule has 1 nitrogen and oxygen atoms in total. The van der Waals surface area contributed by atoms with Crippen LogP contribution in [0.15, 0.2) is 42.5 Å². The van der Waals surface area contributed by atoms with E-state index in [9.17, 15) is 5.11 Å². The summed E-state index contributed by atoms with van der Waals surface area (Å²) >= 11 is 0. The molecule has 20 heavy (non-hydrogen) atoms. The van der Waals surface area contributed by atoms with E-state index >= 15 is 0 Å². The maximum absolute atomic E-state index is 9.61. The van der Waals surface area contributed by atoms with Crippen LogP contribution in [0.2, 0.25) is 0 Å². The molecule has 0 aliphatic rings. The van der Waals surface area contributed by atoms with Gasteiger partial charge in [-0.1, -0.05) is 56.5 Å². The maximum atomic E-state index is 9.61. The van der Waals surface area contributed by atoms with Crippen molar-refractivity contribution in [3.63, 3.8) is 0 Å². The van der Waals surface area contributed by atoms with Crippen LogP contribution in [0.5, 0.6) is 5.75 Å². The minimum absolute atomic E-state index is 0.365. The molecule has 0 fully saturated rings. The number of rotatable bonds is 6. The Bertz CT molecular complexity index is 557. The van der Waals surface area contributed by atoms with Crippen LogP contribution in [0.4, 0.5) is 0 Å². The molecule has 0 saturated carbocycles. The van der Waals surface area contributed by atoms with Gasteiger partial charge in [-0.05, 0) is 54.2 Å². The highest BCUT2D eigenvalue weighted by atomic mass is 16.3. The SMILES string of the molecule is CCCCCCc1cccc(-c2ccc(O)c(C)c2)c1. The van der Waals surface area contributed by atoms with E-state index in [-0.39, 0.29) is 0 Å². The molecule has 0 unspecified atom stereocenters. The summed E-state index contributed by atoms with van der Waals surface area (Å²) in [6.07, 6.45) is 6.36. The van der Waals surface area contributed by atoms with Crippen molar-refractivity contribution >= 4 is 0 Å². The summed E-state index contributed by atoms with van der Waals surface area (Å²) in [4.78, 5) is 0. The summed E-state index contributed by atoms with van der Waals surface area (Å²) in [6, 6.07) is 14.6. The lowest BCUT2D eigenvalue weighted by molar-refractivity contribution is 0.471. The van der Waals surface area contributed by atoms with E-state index < -0.39 is 0 Å². The lowest BCUT2D eigenvalue weighted by atomic mass is 9.98. The second kappa shape index (κ2) is 7.14. The van der Waals surface area contributed by atoms with Crippen LogP contribution < -0.4 is 0 Å². The molecule has 0 bridgehead atoms. The van der Waals surface area contributed by atoms with Crippen molar-refractivity contribution in [1.82, 2.24) is 0 Å². The van der Waals surface area contributed by atoms with E-state index in [1.807, 2.05) is 19.1 Å². The second-order valence-electron chi connectivity index (χ2n) is 5.51. The van der Waals surface area contributed by atoms with E-state index in [0.29, 0.717) is 5.75 Å². The molecule has 0 spiro atoms. The van der Waals surface area contributed by atoms with E-state index in [2.05, 4.69) is 31.2 Å². The van der Waals surface area contributed by atoms with Gasteiger partial charge < -0.3 is 5.11 Å². The fourth-order valence-corrected chi connectivity index (χ4v) is 2.50. The fraction of sp³-hybridized carbons (Fsp3) is 0.368. The van der Waals surface area contributed by atoms with Crippen LogP contribution in [0.3, 0.4) is 0 Å². The number of aromatic hydroxyl groups is 1. The number of aryl methyl sites for hydroxylation is 2. The highest BCUT2D eigenvalue weighted by Crippen LogP contribution is 2.26. The van der Waals surface area contributed by atoms with Gasteiger partial charge in [-0.15, -0.1) is 0 Å². The minimum Gasteiger partial charge on any atom is -0.508 e. The topological polar surface area (TPSA) is 20.2 Å². The van der Waals surface area contributed by atoms with Gasteiger partial charge in [0.25, 0.3) is 0 Å². The first-order valence-electron chi connectivity index (χ1n) is 7.59. The highest BCUT2D eigenvalue weighted by molar-refractivity contribution is 5.66. The molecule has 0 aliphatic carbocycles. The first kappa shape index (κ1) is 14.6. The molecule has 0 heterocycles. The average Bonchev–Trinajstić information content (AvgIpc) is 2.47. The van der Waals surface area contributed by atoms with Crippen molar-refractivity contribution < 1.29 is 5.11 Å². The van der Waals surface area contributed by atoms with Gasteiger partial charge in [-0.25, -0.2) is 0 Å². The number of phenols is 1. The third-order valence-corrected chi connectivity index (χ3v) is 3.78. The van der Waals surface area contributed by atoms with Gasteiger partial charge in [0.05, 0.1) is 0 Å². The van der Waals surface area contributed by atoms with Gasteiger partial charge in [-0.2, -0.15) is 0 Å². The molecule has 2 aromatic rings. The molecule has 0 aliphatic heterocycles. The molecule has 1 heteroatoms. The lowest BCUT2D eigenvalue weighted by Crippen LogP contribution is -1.87. The summed E-state index contributed by atoms with van der Waals surface area (Å²) in [5.41, 5.74) is 4.75. The Balaban J connectivity index is 2.10. The van der Waals surface area contributed by atoms with E-state index in [1.54, 1.807) is 6.07 Å². The molecule has 0 aromatic heterocycles.